The number of amides is 2. The molecule has 0 aromatic heterocycles. The van der Waals surface area contributed by atoms with Gasteiger partial charge in [-0.3, -0.25) is 9.52 Å². The van der Waals surface area contributed by atoms with Gasteiger partial charge in [0, 0.05) is 31.7 Å². The zero-order chi connectivity index (χ0) is 29.7. The van der Waals surface area contributed by atoms with Crippen LogP contribution in [-0.2, 0) is 21.4 Å². The highest BCUT2D eigenvalue weighted by Crippen LogP contribution is 2.30. The maximum Gasteiger partial charge on any atom is 0.410 e. The average molecular weight is 587 g/mol. The molecule has 1 unspecified atom stereocenters. The van der Waals surface area contributed by atoms with Crippen LogP contribution in [0.1, 0.15) is 57.8 Å². The Hall–Kier alpha value is -4.36. The van der Waals surface area contributed by atoms with E-state index in [2.05, 4.69) is 10.8 Å². The fourth-order valence-electron chi connectivity index (χ4n) is 5.49. The van der Waals surface area contributed by atoms with Gasteiger partial charge in [-0.05, 0) is 73.1 Å². The van der Waals surface area contributed by atoms with Gasteiger partial charge < -0.3 is 14.5 Å². The molecule has 9 nitrogen and oxygen atoms in total. The average Bonchev–Trinajstić information content (AvgIpc) is 3.53. The summed E-state index contributed by atoms with van der Waals surface area (Å²) in [6, 6.07) is 24.1. The lowest BCUT2D eigenvalue weighted by molar-refractivity contribution is 0.0713. The second-order valence-electron chi connectivity index (χ2n) is 10.9. The molecule has 42 heavy (non-hydrogen) atoms. The monoisotopic (exact) mass is 586 g/mol. The Balaban J connectivity index is 1.17. The number of sulfonamides is 1. The molecule has 2 saturated heterocycles. The maximum atomic E-state index is 13.3. The predicted molar refractivity (Wildman–Crippen MR) is 159 cm³/mol. The number of likely N-dealkylation sites (tertiary alicyclic amines) is 2. The zero-order valence-electron chi connectivity index (χ0n) is 23.5. The van der Waals surface area contributed by atoms with E-state index in [1.807, 2.05) is 54.6 Å². The first-order valence-corrected chi connectivity index (χ1v) is 15.7. The number of ether oxygens (including phenoxy) is 1. The van der Waals surface area contributed by atoms with Crippen LogP contribution in [0.15, 0.2) is 72.8 Å². The summed E-state index contributed by atoms with van der Waals surface area (Å²) in [5.74, 6) is 0.186. The Labute approximate surface area is 246 Å². The molecule has 5 rings (SSSR count). The first-order chi connectivity index (χ1) is 20.2. The second-order valence-corrected chi connectivity index (χ2v) is 12.8. The number of anilines is 1. The molecule has 0 bridgehead atoms. The van der Waals surface area contributed by atoms with Crippen LogP contribution in [-0.4, -0.2) is 61.6 Å². The molecule has 2 aliphatic heterocycles. The molecule has 0 radical (unpaired) electrons. The third-order valence-electron chi connectivity index (χ3n) is 8.08. The van der Waals surface area contributed by atoms with E-state index in [1.54, 1.807) is 30.0 Å². The van der Waals surface area contributed by atoms with Gasteiger partial charge in [-0.15, -0.1) is 0 Å². The Bertz CT molecular complexity index is 1580. The number of nitrogens with zero attached hydrogens (tertiary/aromatic N) is 3. The fourth-order valence-corrected chi connectivity index (χ4v) is 6.97. The van der Waals surface area contributed by atoms with Gasteiger partial charge in [-0.25, -0.2) is 13.2 Å². The van der Waals surface area contributed by atoms with Gasteiger partial charge in [0.1, 0.15) is 6.61 Å². The van der Waals surface area contributed by atoms with E-state index in [4.69, 9.17) is 10.00 Å². The number of nitriles is 1. The summed E-state index contributed by atoms with van der Waals surface area (Å²) in [4.78, 5) is 29.1. The van der Waals surface area contributed by atoms with Gasteiger partial charge in [0.05, 0.1) is 22.6 Å². The van der Waals surface area contributed by atoms with Crippen molar-refractivity contribution in [2.24, 2.45) is 0 Å². The number of rotatable bonds is 7. The van der Waals surface area contributed by atoms with Gasteiger partial charge in [0.25, 0.3) is 5.91 Å². The summed E-state index contributed by atoms with van der Waals surface area (Å²) < 4.78 is 34.6. The number of carbonyl (C=O) groups is 2. The summed E-state index contributed by atoms with van der Waals surface area (Å²) in [7, 11) is -3.82. The molecule has 1 N–H and O–H groups in total. The molecule has 3 aromatic carbocycles. The number of hydrogen-bond acceptors (Lipinski definition) is 6. The number of benzene rings is 3. The Morgan fingerprint density at radius 3 is 2.33 bits per heavy atom. The van der Waals surface area contributed by atoms with Gasteiger partial charge in [-0.1, -0.05) is 48.5 Å². The smallest absolute Gasteiger partial charge is 0.410 e. The summed E-state index contributed by atoms with van der Waals surface area (Å²) in [6.07, 6.45) is 1.38. The van der Waals surface area contributed by atoms with E-state index in [9.17, 15) is 18.0 Å². The number of nitrogens with one attached hydrogen (secondary N) is 1. The second kappa shape index (κ2) is 12.7. The molecule has 2 aliphatic rings. The Morgan fingerprint density at radius 2 is 1.64 bits per heavy atom. The highest BCUT2D eigenvalue weighted by atomic mass is 32.2. The van der Waals surface area contributed by atoms with E-state index in [-0.39, 0.29) is 25.6 Å². The topological polar surface area (TPSA) is 120 Å². The third kappa shape index (κ3) is 6.74. The first-order valence-electron chi connectivity index (χ1n) is 14.1. The van der Waals surface area contributed by atoms with Crippen LogP contribution in [0.2, 0.25) is 0 Å². The van der Waals surface area contributed by atoms with Crippen molar-refractivity contribution in [3.05, 3.63) is 101 Å². The predicted octanol–water partition coefficient (Wildman–Crippen LogP) is 5.04. The largest absolute Gasteiger partial charge is 0.445 e. The molecule has 2 amide bonds. The lowest BCUT2D eigenvalue weighted by Gasteiger charge is -2.32. The van der Waals surface area contributed by atoms with Gasteiger partial charge in [-0.2, -0.15) is 5.26 Å². The van der Waals surface area contributed by atoms with Crippen molar-refractivity contribution in [1.82, 2.24) is 9.80 Å². The quantitative estimate of drug-likeness (QED) is 0.414. The molecular weight excluding hydrogens is 552 g/mol. The van der Waals surface area contributed by atoms with Gasteiger partial charge in [0.2, 0.25) is 10.0 Å². The molecule has 2 fully saturated rings. The van der Waals surface area contributed by atoms with Crippen LogP contribution in [0.5, 0.6) is 0 Å². The number of piperidine rings is 1. The SMILES string of the molecule is Cc1ccc(C(=O)N2CCC(c3ccc(C#N)cc3)CC2)cc1NS(=O)(=O)C1CCN(C(=O)OCc2ccccc2)C1. The highest BCUT2D eigenvalue weighted by molar-refractivity contribution is 7.93. The minimum atomic E-state index is -3.82. The van der Waals surface area contributed by atoms with E-state index < -0.39 is 21.4 Å². The van der Waals surface area contributed by atoms with Crippen LogP contribution in [0.25, 0.3) is 0 Å². The molecule has 0 aliphatic carbocycles. The van der Waals surface area contributed by atoms with Crippen molar-refractivity contribution in [3.8, 4) is 6.07 Å². The van der Waals surface area contributed by atoms with Crippen molar-refractivity contribution in [1.29, 1.82) is 5.26 Å². The Morgan fingerprint density at radius 1 is 0.952 bits per heavy atom. The molecule has 0 spiro atoms. The van der Waals surface area contributed by atoms with Gasteiger partial charge in [0.15, 0.2) is 0 Å². The van der Waals surface area contributed by atoms with E-state index in [0.717, 1.165) is 18.4 Å². The normalized spacial score (nSPS) is 17.5. The molecule has 3 aromatic rings. The molecule has 218 valence electrons. The number of hydrogen-bond donors (Lipinski definition) is 1. The molecule has 10 heteroatoms. The summed E-state index contributed by atoms with van der Waals surface area (Å²) in [5.41, 5.74) is 4.14. The number of carbonyl (C=O) groups excluding carboxylic acids is 2. The fraction of sp³-hybridized carbons (Fsp3) is 0.344. The lowest BCUT2D eigenvalue weighted by atomic mass is 9.89. The van der Waals surface area contributed by atoms with Crippen LogP contribution in [0, 0.1) is 18.3 Å². The van der Waals surface area contributed by atoms with Crippen LogP contribution in [0.4, 0.5) is 10.5 Å². The van der Waals surface area contributed by atoms with Crippen molar-refractivity contribution < 1.29 is 22.7 Å². The zero-order valence-corrected chi connectivity index (χ0v) is 24.3. The summed E-state index contributed by atoms with van der Waals surface area (Å²) in [5, 5.41) is 8.24. The van der Waals surface area contributed by atoms with Crippen molar-refractivity contribution in [2.75, 3.05) is 30.9 Å². The molecule has 1 atom stereocenters. The van der Waals surface area contributed by atoms with Crippen LogP contribution in [0.3, 0.4) is 0 Å². The highest BCUT2D eigenvalue weighted by Gasteiger charge is 2.36. The van der Waals surface area contributed by atoms with Crippen LogP contribution < -0.4 is 4.72 Å². The van der Waals surface area contributed by atoms with Crippen molar-refractivity contribution in [2.45, 2.75) is 44.0 Å². The van der Waals surface area contributed by atoms with E-state index in [1.165, 1.54) is 10.5 Å². The number of aryl methyl sites for hydroxylation is 1. The first kappa shape index (κ1) is 29.1. The van der Waals surface area contributed by atoms with Gasteiger partial charge >= 0.3 is 6.09 Å². The lowest BCUT2D eigenvalue weighted by Crippen LogP contribution is -2.38. The maximum absolute atomic E-state index is 13.3. The minimum absolute atomic E-state index is 0.0365. The minimum Gasteiger partial charge on any atom is -0.445 e. The summed E-state index contributed by atoms with van der Waals surface area (Å²) >= 11 is 0. The van der Waals surface area contributed by atoms with E-state index >= 15 is 0 Å². The van der Waals surface area contributed by atoms with E-state index in [0.29, 0.717) is 47.8 Å². The van der Waals surface area contributed by atoms with Crippen LogP contribution >= 0.6 is 0 Å². The summed E-state index contributed by atoms with van der Waals surface area (Å²) in [6.45, 7) is 3.42. The third-order valence-corrected chi connectivity index (χ3v) is 9.84. The standard InChI is InChI=1S/C32H34N4O5S/c1-23-7-10-28(31(37)35-16-13-27(14-17-35)26-11-8-24(20-33)9-12-26)19-30(23)34-42(39,40)29-15-18-36(21-29)32(38)41-22-25-5-3-2-4-6-25/h2-12,19,27,29,34H,13-18,21-22H2,1H3. The Kier molecular flexibility index (Phi) is 8.78. The van der Waals surface area contributed by atoms with Crippen molar-refractivity contribution in [3.63, 3.8) is 0 Å². The molecular formula is C32H34N4O5S. The van der Waals surface area contributed by atoms with Crippen molar-refractivity contribution >= 4 is 27.7 Å². The molecule has 0 saturated carbocycles. The molecule has 2 heterocycles.